The third kappa shape index (κ3) is 2.31. The summed E-state index contributed by atoms with van der Waals surface area (Å²) >= 11 is 0. The third-order valence-electron chi connectivity index (χ3n) is 8.24. The van der Waals surface area contributed by atoms with Crippen molar-refractivity contribution >= 4 is 27.8 Å². The molecular formula is C28H28N2. The summed E-state index contributed by atoms with van der Waals surface area (Å²) in [5.41, 5.74) is 5.68. The van der Waals surface area contributed by atoms with Crippen LogP contribution in [0, 0.1) is 17.8 Å². The van der Waals surface area contributed by atoms with Crippen molar-refractivity contribution in [1.29, 1.82) is 0 Å². The lowest BCUT2D eigenvalue weighted by Gasteiger charge is -2.61. The molecule has 8 rings (SSSR count). The van der Waals surface area contributed by atoms with Gasteiger partial charge in [-0.1, -0.05) is 42.5 Å². The molecule has 0 radical (unpaired) electrons. The molecule has 4 bridgehead atoms. The van der Waals surface area contributed by atoms with E-state index < -0.39 is 0 Å². The second kappa shape index (κ2) is 6.14. The first kappa shape index (κ1) is 17.0. The number of hydrogen-bond acceptors (Lipinski definition) is 1. The zero-order chi connectivity index (χ0) is 19.7. The van der Waals surface area contributed by atoms with E-state index in [4.69, 9.17) is 0 Å². The number of rotatable bonds is 3. The Morgan fingerprint density at radius 3 is 2.00 bits per heavy atom. The maximum absolute atomic E-state index is 2.80. The van der Waals surface area contributed by atoms with Gasteiger partial charge in [-0.25, -0.2) is 0 Å². The Bertz CT molecular complexity index is 1150. The molecule has 0 amide bonds. The molecular weight excluding hydrogens is 364 g/mol. The van der Waals surface area contributed by atoms with Crippen LogP contribution in [0.5, 0.6) is 0 Å². The highest BCUT2D eigenvalue weighted by Crippen LogP contribution is 2.60. The van der Waals surface area contributed by atoms with Crippen molar-refractivity contribution in [2.75, 3.05) is 4.90 Å². The van der Waals surface area contributed by atoms with Gasteiger partial charge >= 0.3 is 0 Å². The Labute approximate surface area is 178 Å². The third-order valence-corrected chi connectivity index (χ3v) is 8.24. The molecule has 2 nitrogen and oxygen atoms in total. The van der Waals surface area contributed by atoms with E-state index >= 15 is 0 Å². The first-order chi connectivity index (χ1) is 14.8. The number of anilines is 2. The summed E-state index contributed by atoms with van der Waals surface area (Å²) in [5, 5.41) is 1.38. The highest BCUT2D eigenvalue weighted by Gasteiger charge is 2.54. The first-order valence-corrected chi connectivity index (χ1v) is 11.6. The van der Waals surface area contributed by atoms with Crippen LogP contribution in [0.4, 0.5) is 11.4 Å². The lowest BCUT2D eigenvalue weighted by molar-refractivity contribution is 0.000727. The zero-order valence-electron chi connectivity index (χ0n) is 17.4. The predicted octanol–water partition coefficient (Wildman–Crippen LogP) is 7.20. The van der Waals surface area contributed by atoms with Crippen molar-refractivity contribution in [2.24, 2.45) is 17.8 Å². The minimum absolute atomic E-state index is 0.260. The number of aromatic nitrogens is 1. The minimum Gasteiger partial charge on any atom is -0.333 e. The molecule has 2 heteroatoms. The van der Waals surface area contributed by atoms with E-state index in [2.05, 4.69) is 88.3 Å². The molecule has 4 saturated carbocycles. The molecule has 0 unspecified atom stereocenters. The van der Waals surface area contributed by atoms with E-state index in [1.165, 1.54) is 66.3 Å². The number of pyridine rings is 1. The monoisotopic (exact) mass is 392 g/mol. The van der Waals surface area contributed by atoms with Gasteiger partial charge in [0.25, 0.3) is 0 Å². The van der Waals surface area contributed by atoms with Crippen LogP contribution < -0.4 is 4.90 Å². The standard InChI is InChI=1S/C28H28N2/c1-2-8-23(9-3-1)30(28-17-20-14-21(18-28)16-22(15-20)19-28)27-24-10-4-5-11-25(24)29-13-7-6-12-26(27)29/h1-13,20-22H,14-19H2. The largest absolute Gasteiger partial charge is 0.333 e. The number of hydrogen-bond donors (Lipinski definition) is 0. The van der Waals surface area contributed by atoms with Gasteiger partial charge in [-0.2, -0.15) is 0 Å². The Morgan fingerprint density at radius 2 is 1.27 bits per heavy atom. The van der Waals surface area contributed by atoms with Crippen molar-refractivity contribution in [3.05, 3.63) is 79.0 Å². The van der Waals surface area contributed by atoms with Crippen molar-refractivity contribution < 1.29 is 0 Å². The maximum Gasteiger partial charge on any atom is 0.0755 e. The fourth-order valence-electron chi connectivity index (χ4n) is 7.66. The average Bonchev–Trinajstić information content (AvgIpc) is 3.08. The van der Waals surface area contributed by atoms with Crippen LogP contribution in [0.25, 0.3) is 16.4 Å². The molecule has 4 aromatic rings. The number of para-hydroxylation sites is 2. The molecule has 0 saturated heterocycles. The molecule has 30 heavy (non-hydrogen) atoms. The molecule has 0 aliphatic heterocycles. The topological polar surface area (TPSA) is 7.65 Å². The number of benzene rings is 2. The molecule has 2 aromatic carbocycles. The SMILES string of the molecule is c1ccc(N(c2c3ccccc3n3ccccc23)C23CC4CC(CC(C4)C2)C3)cc1. The lowest BCUT2D eigenvalue weighted by atomic mass is 9.52. The maximum atomic E-state index is 2.80. The molecule has 0 N–H and O–H groups in total. The molecule has 4 aliphatic rings. The highest BCUT2D eigenvalue weighted by molar-refractivity contribution is 6.05. The summed E-state index contributed by atoms with van der Waals surface area (Å²) in [6.07, 6.45) is 10.7. The smallest absolute Gasteiger partial charge is 0.0755 e. The van der Waals surface area contributed by atoms with Gasteiger partial charge < -0.3 is 9.30 Å². The molecule has 4 fully saturated rings. The van der Waals surface area contributed by atoms with Gasteiger partial charge in [-0.3, -0.25) is 0 Å². The van der Waals surface area contributed by atoms with Crippen molar-refractivity contribution in [3.8, 4) is 0 Å². The van der Waals surface area contributed by atoms with Gasteiger partial charge in [0.15, 0.2) is 0 Å². The van der Waals surface area contributed by atoms with E-state index in [9.17, 15) is 0 Å². The van der Waals surface area contributed by atoms with Gasteiger partial charge in [0.1, 0.15) is 0 Å². The van der Waals surface area contributed by atoms with Crippen molar-refractivity contribution in [3.63, 3.8) is 0 Å². The first-order valence-electron chi connectivity index (χ1n) is 11.6. The molecule has 4 aliphatic carbocycles. The Morgan fingerprint density at radius 1 is 0.667 bits per heavy atom. The highest BCUT2D eigenvalue weighted by atomic mass is 15.2. The summed E-state index contributed by atoms with van der Waals surface area (Å²) in [5.74, 6) is 2.76. The molecule has 0 atom stereocenters. The summed E-state index contributed by atoms with van der Waals surface area (Å²) in [4.78, 5) is 2.80. The van der Waals surface area contributed by atoms with Crippen LogP contribution >= 0.6 is 0 Å². The van der Waals surface area contributed by atoms with Crippen LogP contribution in [0.3, 0.4) is 0 Å². The molecule has 2 heterocycles. The van der Waals surface area contributed by atoms with Gasteiger partial charge in [0.05, 0.1) is 16.7 Å². The van der Waals surface area contributed by atoms with Crippen LogP contribution in [-0.2, 0) is 0 Å². The summed E-state index contributed by atoms with van der Waals surface area (Å²) in [6.45, 7) is 0. The normalized spacial score (nSPS) is 29.7. The van der Waals surface area contributed by atoms with Crippen LogP contribution in [0.2, 0.25) is 0 Å². The molecule has 2 aromatic heterocycles. The van der Waals surface area contributed by atoms with Crippen LogP contribution in [0.15, 0.2) is 79.0 Å². The fraction of sp³-hybridized carbons (Fsp3) is 0.357. The Hall–Kier alpha value is -2.74. The minimum atomic E-state index is 0.260. The summed E-state index contributed by atoms with van der Waals surface area (Å²) in [7, 11) is 0. The van der Waals surface area contributed by atoms with E-state index in [-0.39, 0.29) is 5.54 Å². The average molecular weight is 393 g/mol. The van der Waals surface area contributed by atoms with E-state index in [1.54, 1.807) is 0 Å². The van der Waals surface area contributed by atoms with Gasteiger partial charge in [0.2, 0.25) is 0 Å². The molecule has 150 valence electrons. The van der Waals surface area contributed by atoms with Gasteiger partial charge in [-0.15, -0.1) is 0 Å². The quantitative estimate of drug-likeness (QED) is 0.358. The second-order valence-corrected chi connectivity index (χ2v) is 10.1. The molecule has 0 spiro atoms. The number of fused-ring (bicyclic) bond motifs is 3. The van der Waals surface area contributed by atoms with Crippen molar-refractivity contribution in [1.82, 2.24) is 4.40 Å². The lowest BCUT2D eigenvalue weighted by Crippen LogP contribution is -2.58. The zero-order valence-corrected chi connectivity index (χ0v) is 17.4. The summed E-state index contributed by atoms with van der Waals surface area (Å²) in [6, 6.07) is 26.9. The van der Waals surface area contributed by atoms with Crippen LogP contribution in [0.1, 0.15) is 38.5 Å². The van der Waals surface area contributed by atoms with E-state index in [1.807, 2.05) is 0 Å². The van der Waals surface area contributed by atoms with E-state index in [0.29, 0.717) is 0 Å². The summed E-state index contributed by atoms with van der Waals surface area (Å²) < 4.78 is 2.39. The van der Waals surface area contributed by atoms with Crippen LogP contribution in [-0.4, -0.2) is 9.94 Å². The number of nitrogens with zero attached hydrogens (tertiary/aromatic N) is 2. The Kier molecular flexibility index (Phi) is 3.48. The Balaban J connectivity index is 1.54. The predicted molar refractivity (Wildman–Crippen MR) is 124 cm³/mol. The van der Waals surface area contributed by atoms with Crippen molar-refractivity contribution in [2.45, 2.75) is 44.1 Å². The second-order valence-electron chi connectivity index (χ2n) is 10.1. The van der Waals surface area contributed by atoms with Gasteiger partial charge in [0, 0.05) is 22.8 Å². The fourth-order valence-corrected chi connectivity index (χ4v) is 7.66. The van der Waals surface area contributed by atoms with E-state index in [0.717, 1.165) is 17.8 Å². The van der Waals surface area contributed by atoms with Gasteiger partial charge in [-0.05, 0) is 86.6 Å².